The maximum atomic E-state index is 12.9. The van der Waals surface area contributed by atoms with E-state index in [1.165, 1.54) is 24.1 Å². The Morgan fingerprint density at radius 1 is 1.20 bits per heavy atom. The number of halogens is 4. The van der Waals surface area contributed by atoms with Gasteiger partial charge in [-0.05, 0) is 49.2 Å². The van der Waals surface area contributed by atoms with Gasteiger partial charge in [-0.3, -0.25) is 9.59 Å². The predicted octanol–water partition coefficient (Wildman–Crippen LogP) is 4.86. The van der Waals surface area contributed by atoms with Crippen LogP contribution in [0, 0.1) is 5.92 Å². The van der Waals surface area contributed by atoms with Crippen molar-refractivity contribution in [1.82, 2.24) is 4.90 Å². The van der Waals surface area contributed by atoms with E-state index in [9.17, 15) is 22.8 Å². The van der Waals surface area contributed by atoms with Crippen molar-refractivity contribution in [3.8, 4) is 5.75 Å². The number of carbonyl (C=O) groups is 2. The van der Waals surface area contributed by atoms with Gasteiger partial charge in [-0.15, -0.1) is 0 Å². The number of piperidine rings is 1. The molecule has 0 unspecified atom stereocenters. The third-order valence-corrected chi connectivity index (χ3v) is 5.23. The second-order valence-electron chi connectivity index (χ2n) is 7.01. The van der Waals surface area contributed by atoms with Crippen LogP contribution in [0.1, 0.15) is 28.8 Å². The number of nitrogens with one attached hydrogen (secondary N) is 1. The Morgan fingerprint density at radius 3 is 2.63 bits per heavy atom. The number of hydrogen-bond donors (Lipinski definition) is 1. The van der Waals surface area contributed by atoms with Crippen LogP contribution >= 0.6 is 11.6 Å². The van der Waals surface area contributed by atoms with Gasteiger partial charge in [0.1, 0.15) is 5.75 Å². The van der Waals surface area contributed by atoms with Crippen molar-refractivity contribution in [2.45, 2.75) is 19.0 Å². The Labute approximate surface area is 176 Å². The minimum atomic E-state index is -4.53. The molecule has 0 aliphatic carbocycles. The van der Waals surface area contributed by atoms with Gasteiger partial charge in [0.2, 0.25) is 5.91 Å². The molecule has 1 saturated heterocycles. The zero-order chi connectivity index (χ0) is 21.9. The Hall–Kier alpha value is -2.74. The van der Waals surface area contributed by atoms with E-state index in [4.69, 9.17) is 16.3 Å². The number of benzene rings is 2. The summed E-state index contributed by atoms with van der Waals surface area (Å²) in [5.74, 6) is -0.802. The van der Waals surface area contributed by atoms with E-state index in [0.29, 0.717) is 35.8 Å². The van der Waals surface area contributed by atoms with Gasteiger partial charge in [0, 0.05) is 24.3 Å². The van der Waals surface area contributed by atoms with Gasteiger partial charge in [-0.2, -0.15) is 13.2 Å². The third kappa shape index (κ3) is 5.05. The van der Waals surface area contributed by atoms with Crippen LogP contribution in [0.3, 0.4) is 0 Å². The fourth-order valence-electron chi connectivity index (χ4n) is 3.38. The number of methoxy groups -OCH3 is 1. The number of nitrogens with zero attached hydrogens (tertiary/aromatic N) is 1. The highest BCUT2D eigenvalue weighted by atomic mass is 35.5. The Bertz CT molecular complexity index is 949. The Kier molecular flexibility index (Phi) is 6.55. The molecule has 0 saturated carbocycles. The van der Waals surface area contributed by atoms with E-state index < -0.39 is 23.6 Å². The molecule has 160 valence electrons. The van der Waals surface area contributed by atoms with E-state index >= 15 is 0 Å². The van der Waals surface area contributed by atoms with Gasteiger partial charge in [0.05, 0.1) is 23.6 Å². The Balaban J connectivity index is 1.68. The second-order valence-corrected chi connectivity index (χ2v) is 7.41. The van der Waals surface area contributed by atoms with Gasteiger partial charge < -0.3 is 15.0 Å². The van der Waals surface area contributed by atoms with E-state index in [2.05, 4.69) is 5.32 Å². The summed E-state index contributed by atoms with van der Waals surface area (Å²) in [6.45, 7) is 0.512. The number of hydrogen-bond acceptors (Lipinski definition) is 3. The molecular formula is C21H20ClF3N2O3. The second kappa shape index (κ2) is 8.95. The van der Waals surface area contributed by atoms with Crippen molar-refractivity contribution in [2.75, 3.05) is 25.5 Å². The van der Waals surface area contributed by atoms with Crippen molar-refractivity contribution in [3.05, 3.63) is 58.6 Å². The number of anilines is 1. The van der Waals surface area contributed by atoms with Crippen molar-refractivity contribution >= 4 is 29.1 Å². The van der Waals surface area contributed by atoms with Crippen molar-refractivity contribution < 1.29 is 27.5 Å². The van der Waals surface area contributed by atoms with Crippen LogP contribution in [0.25, 0.3) is 0 Å². The summed E-state index contributed by atoms with van der Waals surface area (Å²) in [6.07, 6.45) is -3.38. The fraction of sp³-hybridized carbons (Fsp3) is 0.333. The molecule has 1 heterocycles. The van der Waals surface area contributed by atoms with Crippen molar-refractivity contribution in [2.24, 2.45) is 5.92 Å². The lowest BCUT2D eigenvalue weighted by Gasteiger charge is -2.32. The number of rotatable bonds is 4. The maximum Gasteiger partial charge on any atom is 0.416 e. The van der Waals surface area contributed by atoms with Crippen LogP contribution in [0.15, 0.2) is 42.5 Å². The summed E-state index contributed by atoms with van der Waals surface area (Å²) < 4.78 is 43.9. The summed E-state index contributed by atoms with van der Waals surface area (Å²) >= 11 is 6.07. The van der Waals surface area contributed by atoms with Gasteiger partial charge in [-0.1, -0.05) is 17.7 Å². The molecule has 1 fully saturated rings. The summed E-state index contributed by atoms with van der Waals surface area (Å²) in [5, 5.41) is 3.11. The number of alkyl halides is 3. The first-order valence-electron chi connectivity index (χ1n) is 9.30. The highest BCUT2D eigenvalue weighted by Gasteiger charge is 2.33. The van der Waals surface area contributed by atoms with Crippen LogP contribution in [-0.4, -0.2) is 36.9 Å². The van der Waals surface area contributed by atoms with Crippen LogP contribution < -0.4 is 10.1 Å². The van der Waals surface area contributed by atoms with Crippen molar-refractivity contribution in [1.29, 1.82) is 0 Å². The molecule has 0 radical (unpaired) electrons. The zero-order valence-corrected chi connectivity index (χ0v) is 16.9. The lowest BCUT2D eigenvalue weighted by Crippen LogP contribution is -2.43. The molecular weight excluding hydrogens is 421 g/mol. The summed E-state index contributed by atoms with van der Waals surface area (Å²) in [7, 11) is 1.48. The summed E-state index contributed by atoms with van der Waals surface area (Å²) in [6, 6.07) is 9.15. The smallest absolute Gasteiger partial charge is 0.416 e. The monoisotopic (exact) mass is 440 g/mol. The molecule has 0 aromatic heterocycles. The molecule has 1 aliphatic heterocycles. The van der Waals surface area contributed by atoms with Gasteiger partial charge in [0.15, 0.2) is 0 Å². The number of carbonyl (C=O) groups excluding carboxylic acids is 2. The van der Waals surface area contributed by atoms with Gasteiger partial charge >= 0.3 is 6.18 Å². The van der Waals surface area contributed by atoms with Crippen LogP contribution in [0.2, 0.25) is 5.02 Å². The molecule has 1 atom stereocenters. The summed E-state index contributed by atoms with van der Waals surface area (Å²) in [4.78, 5) is 26.8. The maximum absolute atomic E-state index is 12.9. The molecule has 0 bridgehead atoms. The molecule has 5 nitrogen and oxygen atoms in total. The molecule has 3 rings (SSSR count). The highest BCUT2D eigenvalue weighted by Crippen LogP contribution is 2.31. The van der Waals surface area contributed by atoms with E-state index in [0.717, 1.165) is 12.1 Å². The molecule has 2 aromatic carbocycles. The lowest BCUT2D eigenvalue weighted by molar-refractivity contribution is -0.137. The average molecular weight is 441 g/mol. The third-order valence-electron chi connectivity index (χ3n) is 4.94. The molecule has 2 amide bonds. The number of likely N-dealkylation sites (tertiary alicyclic amines) is 1. The average Bonchev–Trinajstić information content (AvgIpc) is 2.73. The lowest BCUT2D eigenvalue weighted by atomic mass is 9.96. The number of ether oxygens (including phenoxy) is 1. The molecule has 1 aliphatic rings. The molecule has 9 heteroatoms. The molecule has 1 N–H and O–H groups in total. The fourth-order valence-corrected chi connectivity index (χ4v) is 3.63. The van der Waals surface area contributed by atoms with Crippen LogP contribution in [0.5, 0.6) is 5.75 Å². The predicted molar refractivity (Wildman–Crippen MR) is 107 cm³/mol. The zero-order valence-electron chi connectivity index (χ0n) is 16.1. The minimum Gasteiger partial charge on any atom is -0.495 e. The molecule has 30 heavy (non-hydrogen) atoms. The standard InChI is InChI=1S/C21H20ClF3N2O3/c1-30-18-8-7-16(11-17(18)22)26-19(28)14-5-3-9-27(12-14)20(29)13-4-2-6-15(10-13)21(23,24)25/h2,4,6-8,10-11,14H,3,5,9,12H2,1H3,(H,26,28)/t14-/m1/s1. The van der Waals surface area contributed by atoms with Crippen molar-refractivity contribution in [3.63, 3.8) is 0 Å². The van der Waals surface area contributed by atoms with E-state index in [1.807, 2.05) is 0 Å². The van der Waals surface area contributed by atoms with Gasteiger partial charge in [0.25, 0.3) is 5.91 Å². The largest absolute Gasteiger partial charge is 0.495 e. The first-order valence-corrected chi connectivity index (χ1v) is 9.68. The van der Waals surface area contributed by atoms with E-state index in [-0.39, 0.29) is 18.0 Å². The highest BCUT2D eigenvalue weighted by molar-refractivity contribution is 6.32. The van der Waals surface area contributed by atoms with Crippen LogP contribution in [-0.2, 0) is 11.0 Å². The normalized spacial score (nSPS) is 16.8. The first-order chi connectivity index (χ1) is 14.2. The summed E-state index contributed by atoms with van der Waals surface area (Å²) in [5.41, 5.74) is -0.434. The molecule has 2 aromatic rings. The quantitative estimate of drug-likeness (QED) is 0.738. The first kappa shape index (κ1) is 22.0. The topological polar surface area (TPSA) is 58.6 Å². The molecule has 0 spiro atoms. The van der Waals surface area contributed by atoms with Gasteiger partial charge in [-0.25, -0.2) is 0 Å². The van der Waals surface area contributed by atoms with Crippen LogP contribution in [0.4, 0.5) is 18.9 Å². The van der Waals surface area contributed by atoms with E-state index in [1.54, 1.807) is 18.2 Å². The Morgan fingerprint density at radius 2 is 1.97 bits per heavy atom. The number of amides is 2. The SMILES string of the molecule is COc1ccc(NC(=O)[C@@H]2CCCN(C(=O)c3cccc(C(F)(F)F)c3)C2)cc1Cl. The minimum absolute atomic E-state index is 0.0483.